The average Bonchev–Trinajstić information content (AvgIpc) is 2.09. The molecule has 0 saturated carbocycles. The van der Waals surface area contributed by atoms with Crippen LogP contribution in [-0.2, 0) is 0 Å². The third-order valence-corrected chi connectivity index (χ3v) is 3.27. The molecule has 0 aromatic heterocycles. The van der Waals surface area contributed by atoms with E-state index < -0.39 is 0 Å². The maximum atomic E-state index is 5.82. The Morgan fingerprint density at radius 1 is 1.42 bits per heavy atom. The molecule has 2 nitrogen and oxygen atoms in total. The maximum Gasteiger partial charge on any atom is 0.00724 e. The summed E-state index contributed by atoms with van der Waals surface area (Å²) >= 11 is 2.03. The standard InChI is InChI=1S/C9H20N2S/c1-2-12-8-7-11-5-3-9(10)4-6-11/h9H,2-8,10H2,1H3. The van der Waals surface area contributed by atoms with Gasteiger partial charge in [-0.05, 0) is 31.7 Å². The summed E-state index contributed by atoms with van der Waals surface area (Å²) in [5.41, 5.74) is 5.82. The first-order chi connectivity index (χ1) is 5.83. The minimum Gasteiger partial charge on any atom is -0.328 e. The molecule has 1 aliphatic rings. The summed E-state index contributed by atoms with van der Waals surface area (Å²) in [5, 5.41) is 0. The molecule has 0 atom stereocenters. The van der Waals surface area contributed by atoms with Gasteiger partial charge in [0.1, 0.15) is 0 Å². The van der Waals surface area contributed by atoms with Crippen molar-refractivity contribution in [1.82, 2.24) is 4.90 Å². The van der Waals surface area contributed by atoms with Crippen LogP contribution < -0.4 is 5.73 Å². The van der Waals surface area contributed by atoms with Crippen LogP contribution in [-0.4, -0.2) is 42.1 Å². The summed E-state index contributed by atoms with van der Waals surface area (Å²) in [4.78, 5) is 2.53. The van der Waals surface area contributed by atoms with Gasteiger partial charge < -0.3 is 10.6 Å². The third-order valence-electron chi connectivity index (χ3n) is 2.39. The van der Waals surface area contributed by atoms with Gasteiger partial charge in [0, 0.05) is 18.3 Å². The van der Waals surface area contributed by atoms with E-state index >= 15 is 0 Å². The van der Waals surface area contributed by atoms with Crippen LogP contribution in [0.1, 0.15) is 19.8 Å². The van der Waals surface area contributed by atoms with Crippen LogP contribution in [0.15, 0.2) is 0 Å². The fourth-order valence-corrected chi connectivity index (χ4v) is 2.19. The molecule has 72 valence electrons. The number of rotatable bonds is 4. The molecule has 2 N–H and O–H groups in total. The number of nitrogens with two attached hydrogens (primary N) is 1. The fraction of sp³-hybridized carbons (Fsp3) is 1.00. The summed E-state index contributed by atoms with van der Waals surface area (Å²) in [6.45, 7) is 5.90. The van der Waals surface area contributed by atoms with E-state index in [2.05, 4.69) is 11.8 Å². The van der Waals surface area contributed by atoms with E-state index in [0.29, 0.717) is 6.04 Å². The van der Waals surface area contributed by atoms with Crippen molar-refractivity contribution in [2.75, 3.05) is 31.1 Å². The van der Waals surface area contributed by atoms with Crippen molar-refractivity contribution < 1.29 is 0 Å². The number of piperidine rings is 1. The SMILES string of the molecule is CCSCCN1CCC(N)CC1. The molecule has 0 amide bonds. The first-order valence-corrected chi connectivity index (χ1v) is 6.04. The first kappa shape index (κ1) is 10.4. The second-order valence-corrected chi connectivity index (χ2v) is 4.77. The van der Waals surface area contributed by atoms with Gasteiger partial charge in [0.05, 0.1) is 0 Å². The Balaban J connectivity index is 2.01. The Bertz CT molecular complexity index is 111. The highest BCUT2D eigenvalue weighted by atomic mass is 32.2. The molecule has 0 radical (unpaired) electrons. The van der Waals surface area contributed by atoms with Gasteiger partial charge in [-0.2, -0.15) is 11.8 Å². The second kappa shape index (κ2) is 5.84. The van der Waals surface area contributed by atoms with Crippen molar-refractivity contribution in [3.8, 4) is 0 Å². The number of likely N-dealkylation sites (tertiary alicyclic amines) is 1. The smallest absolute Gasteiger partial charge is 0.00724 e. The summed E-state index contributed by atoms with van der Waals surface area (Å²) in [6.07, 6.45) is 2.38. The molecule has 1 rings (SSSR count). The Labute approximate surface area is 79.9 Å². The second-order valence-electron chi connectivity index (χ2n) is 3.38. The van der Waals surface area contributed by atoms with Crippen LogP contribution in [0.25, 0.3) is 0 Å². The van der Waals surface area contributed by atoms with Crippen LogP contribution in [0, 0.1) is 0 Å². The lowest BCUT2D eigenvalue weighted by Crippen LogP contribution is -2.40. The van der Waals surface area contributed by atoms with Crippen molar-refractivity contribution in [3.63, 3.8) is 0 Å². The number of thioether (sulfide) groups is 1. The summed E-state index contributed by atoms with van der Waals surface area (Å²) in [7, 11) is 0. The Kier molecular flexibility index (Phi) is 5.04. The predicted molar refractivity (Wildman–Crippen MR) is 56.6 cm³/mol. The van der Waals surface area contributed by atoms with E-state index in [9.17, 15) is 0 Å². The van der Waals surface area contributed by atoms with Crippen molar-refractivity contribution in [2.45, 2.75) is 25.8 Å². The molecular weight excluding hydrogens is 168 g/mol. The number of hydrogen-bond acceptors (Lipinski definition) is 3. The van der Waals surface area contributed by atoms with E-state index in [1.807, 2.05) is 11.8 Å². The number of hydrogen-bond donors (Lipinski definition) is 1. The van der Waals surface area contributed by atoms with Crippen LogP contribution in [0.5, 0.6) is 0 Å². The fourth-order valence-electron chi connectivity index (χ4n) is 1.51. The number of nitrogens with zero attached hydrogens (tertiary/aromatic N) is 1. The highest BCUT2D eigenvalue weighted by molar-refractivity contribution is 7.99. The molecule has 0 unspecified atom stereocenters. The molecule has 1 aliphatic heterocycles. The quantitative estimate of drug-likeness (QED) is 0.671. The molecule has 12 heavy (non-hydrogen) atoms. The molecular formula is C9H20N2S. The lowest BCUT2D eigenvalue weighted by molar-refractivity contribution is 0.225. The van der Waals surface area contributed by atoms with Gasteiger partial charge >= 0.3 is 0 Å². The zero-order chi connectivity index (χ0) is 8.81. The molecule has 0 aromatic rings. The zero-order valence-corrected chi connectivity index (χ0v) is 8.78. The van der Waals surface area contributed by atoms with E-state index in [-0.39, 0.29) is 0 Å². The van der Waals surface area contributed by atoms with Gasteiger partial charge in [0.2, 0.25) is 0 Å². The van der Waals surface area contributed by atoms with Gasteiger partial charge in [-0.3, -0.25) is 0 Å². The first-order valence-electron chi connectivity index (χ1n) is 4.88. The van der Waals surface area contributed by atoms with Crippen molar-refractivity contribution in [3.05, 3.63) is 0 Å². The Morgan fingerprint density at radius 2 is 2.08 bits per heavy atom. The van der Waals surface area contributed by atoms with Gasteiger partial charge in [0.25, 0.3) is 0 Å². The molecule has 0 bridgehead atoms. The van der Waals surface area contributed by atoms with Crippen molar-refractivity contribution >= 4 is 11.8 Å². The zero-order valence-electron chi connectivity index (χ0n) is 7.96. The van der Waals surface area contributed by atoms with Crippen molar-refractivity contribution in [2.24, 2.45) is 5.73 Å². The maximum absolute atomic E-state index is 5.82. The highest BCUT2D eigenvalue weighted by Crippen LogP contribution is 2.09. The normalized spacial score (nSPS) is 21.5. The van der Waals surface area contributed by atoms with Crippen LogP contribution in [0.2, 0.25) is 0 Å². The van der Waals surface area contributed by atoms with Gasteiger partial charge in [-0.1, -0.05) is 6.92 Å². The predicted octanol–water partition coefficient (Wildman–Crippen LogP) is 1.16. The summed E-state index contributed by atoms with van der Waals surface area (Å²) < 4.78 is 0. The van der Waals surface area contributed by atoms with Gasteiger partial charge in [-0.25, -0.2) is 0 Å². The molecule has 1 saturated heterocycles. The molecule has 1 fully saturated rings. The summed E-state index contributed by atoms with van der Waals surface area (Å²) in [6, 6.07) is 0.472. The van der Waals surface area contributed by atoms with E-state index in [1.54, 1.807) is 0 Å². The third kappa shape index (κ3) is 3.78. The lowest BCUT2D eigenvalue weighted by atomic mass is 10.1. The molecule has 0 spiro atoms. The van der Waals surface area contributed by atoms with E-state index in [0.717, 1.165) is 0 Å². The molecule has 1 heterocycles. The summed E-state index contributed by atoms with van der Waals surface area (Å²) in [5.74, 6) is 2.53. The van der Waals surface area contributed by atoms with Gasteiger partial charge in [-0.15, -0.1) is 0 Å². The topological polar surface area (TPSA) is 29.3 Å². The molecule has 0 aromatic carbocycles. The van der Waals surface area contributed by atoms with Crippen LogP contribution in [0.4, 0.5) is 0 Å². The monoisotopic (exact) mass is 188 g/mol. The minimum absolute atomic E-state index is 0.472. The minimum atomic E-state index is 0.472. The van der Waals surface area contributed by atoms with Crippen molar-refractivity contribution in [1.29, 1.82) is 0 Å². The highest BCUT2D eigenvalue weighted by Gasteiger charge is 2.14. The van der Waals surface area contributed by atoms with Gasteiger partial charge in [0.15, 0.2) is 0 Å². The Morgan fingerprint density at radius 3 is 2.67 bits per heavy atom. The largest absolute Gasteiger partial charge is 0.328 e. The van der Waals surface area contributed by atoms with E-state index in [1.165, 1.54) is 44.0 Å². The average molecular weight is 188 g/mol. The Hall–Kier alpha value is 0.270. The molecule has 3 heteroatoms. The molecule has 0 aliphatic carbocycles. The lowest BCUT2D eigenvalue weighted by Gasteiger charge is -2.29. The van der Waals surface area contributed by atoms with E-state index in [4.69, 9.17) is 5.73 Å². The van der Waals surface area contributed by atoms with Crippen LogP contribution in [0.3, 0.4) is 0 Å². The van der Waals surface area contributed by atoms with Crippen LogP contribution >= 0.6 is 11.8 Å².